The lowest BCUT2D eigenvalue weighted by molar-refractivity contribution is 0.400. The second-order valence-corrected chi connectivity index (χ2v) is 3.39. The molecule has 1 radical (unpaired) electrons. The molecular formula is C12H9N4O2. The van der Waals surface area contributed by atoms with Crippen LogP contribution in [0.4, 0.5) is 0 Å². The van der Waals surface area contributed by atoms with Crippen molar-refractivity contribution in [3.8, 4) is 23.3 Å². The van der Waals surface area contributed by atoms with Crippen LogP contribution < -0.4 is 9.47 Å². The second-order valence-electron chi connectivity index (χ2n) is 3.39. The first-order chi connectivity index (χ1) is 8.92. The highest BCUT2D eigenvalue weighted by molar-refractivity contribution is 5.42. The van der Waals surface area contributed by atoms with E-state index in [1.165, 1.54) is 0 Å². The van der Waals surface area contributed by atoms with Crippen molar-refractivity contribution >= 4 is 0 Å². The SMILES string of the molecule is [c]1cccc(Oc2cc[nH]n2)c1Oc1cc[nH]n1. The van der Waals surface area contributed by atoms with Gasteiger partial charge in [-0.3, -0.25) is 10.2 Å². The molecule has 0 aliphatic rings. The summed E-state index contributed by atoms with van der Waals surface area (Å²) in [5.41, 5.74) is 0. The fraction of sp³-hybridized carbons (Fsp3) is 0. The maximum atomic E-state index is 5.56. The lowest BCUT2D eigenvalue weighted by atomic mass is 10.3. The molecule has 6 nitrogen and oxygen atoms in total. The monoisotopic (exact) mass is 241 g/mol. The van der Waals surface area contributed by atoms with E-state index in [-0.39, 0.29) is 0 Å². The predicted octanol–water partition coefficient (Wildman–Crippen LogP) is 2.52. The summed E-state index contributed by atoms with van der Waals surface area (Å²) in [5, 5.41) is 13.2. The summed E-state index contributed by atoms with van der Waals surface area (Å²) >= 11 is 0. The van der Waals surface area contributed by atoms with E-state index in [0.717, 1.165) is 0 Å². The standard InChI is InChI=1S/C12H9N4O2/c1-2-4-10(18-12-6-8-14-16-12)9(3-1)17-11-5-7-13-15-11/h1-3,5-8H,(H,13,15)(H,14,16). The summed E-state index contributed by atoms with van der Waals surface area (Å²) in [6.07, 6.45) is 3.35. The van der Waals surface area contributed by atoms with Gasteiger partial charge in [-0.2, -0.15) is 0 Å². The average Bonchev–Trinajstić information content (AvgIpc) is 3.05. The summed E-state index contributed by atoms with van der Waals surface area (Å²) < 4.78 is 11.1. The van der Waals surface area contributed by atoms with Crippen LogP contribution in [-0.2, 0) is 0 Å². The first-order valence-corrected chi connectivity index (χ1v) is 5.28. The molecule has 0 aliphatic heterocycles. The fourth-order valence-corrected chi connectivity index (χ4v) is 1.39. The molecule has 2 aromatic heterocycles. The third-order valence-corrected chi connectivity index (χ3v) is 2.15. The van der Waals surface area contributed by atoms with E-state index in [0.29, 0.717) is 23.3 Å². The van der Waals surface area contributed by atoms with Gasteiger partial charge in [0.05, 0.1) is 0 Å². The third kappa shape index (κ3) is 2.17. The van der Waals surface area contributed by atoms with Gasteiger partial charge in [0.1, 0.15) is 0 Å². The molecule has 0 unspecified atom stereocenters. The van der Waals surface area contributed by atoms with E-state index < -0.39 is 0 Å². The Kier molecular flexibility index (Phi) is 2.67. The summed E-state index contributed by atoms with van der Waals surface area (Å²) in [5.74, 6) is 1.88. The number of nitrogens with zero attached hydrogens (tertiary/aromatic N) is 2. The van der Waals surface area contributed by atoms with Gasteiger partial charge in [-0.05, 0) is 6.07 Å². The summed E-state index contributed by atoms with van der Waals surface area (Å²) in [6, 6.07) is 11.7. The minimum absolute atomic E-state index is 0.448. The van der Waals surface area contributed by atoms with Crippen LogP contribution in [0.5, 0.6) is 23.3 Å². The van der Waals surface area contributed by atoms with Crippen molar-refractivity contribution in [1.29, 1.82) is 0 Å². The molecule has 2 heterocycles. The van der Waals surface area contributed by atoms with E-state index in [9.17, 15) is 0 Å². The van der Waals surface area contributed by atoms with Gasteiger partial charge in [0.15, 0.2) is 11.5 Å². The van der Waals surface area contributed by atoms with Gasteiger partial charge >= 0.3 is 0 Å². The quantitative estimate of drug-likeness (QED) is 0.735. The number of rotatable bonds is 4. The average molecular weight is 241 g/mol. The maximum Gasteiger partial charge on any atom is 0.238 e. The lowest BCUT2D eigenvalue weighted by Crippen LogP contribution is -1.91. The normalized spacial score (nSPS) is 10.2. The number of hydrogen-bond donors (Lipinski definition) is 2. The van der Waals surface area contributed by atoms with E-state index >= 15 is 0 Å². The molecule has 0 atom stereocenters. The van der Waals surface area contributed by atoms with Crippen LogP contribution >= 0.6 is 0 Å². The van der Waals surface area contributed by atoms with Crippen molar-refractivity contribution in [1.82, 2.24) is 20.4 Å². The van der Waals surface area contributed by atoms with Crippen LogP contribution in [-0.4, -0.2) is 20.4 Å². The molecule has 2 N–H and O–H groups in total. The number of H-pyrrole nitrogens is 2. The molecule has 0 saturated carbocycles. The molecule has 6 heteroatoms. The largest absolute Gasteiger partial charge is 0.434 e. The highest BCUT2D eigenvalue weighted by atomic mass is 16.5. The first-order valence-electron chi connectivity index (χ1n) is 5.28. The van der Waals surface area contributed by atoms with Crippen LogP contribution in [0.1, 0.15) is 0 Å². The van der Waals surface area contributed by atoms with Crippen molar-refractivity contribution in [2.24, 2.45) is 0 Å². The molecule has 0 aliphatic carbocycles. The zero-order valence-electron chi connectivity index (χ0n) is 9.25. The van der Waals surface area contributed by atoms with Crippen molar-refractivity contribution < 1.29 is 9.47 Å². The molecule has 3 aromatic rings. The number of ether oxygens (including phenoxy) is 2. The van der Waals surface area contributed by atoms with Gasteiger partial charge in [-0.1, -0.05) is 12.1 Å². The van der Waals surface area contributed by atoms with Gasteiger partial charge in [0, 0.05) is 30.6 Å². The second kappa shape index (κ2) is 4.62. The molecule has 1 aromatic carbocycles. The zero-order valence-corrected chi connectivity index (χ0v) is 9.25. The van der Waals surface area contributed by atoms with E-state index in [4.69, 9.17) is 9.47 Å². The maximum absolute atomic E-state index is 5.56. The molecule has 0 fully saturated rings. The number of benzene rings is 1. The van der Waals surface area contributed by atoms with Crippen LogP contribution in [0.2, 0.25) is 0 Å². The van der Waals surface area contributed by atoms with Gasteiger partial charge in [-0.25, -0.2) is 0 Å². The number of hydrogen-bond acceptors (Lipinski definition) is 4. The number of aromatic nitrogens is 4. The number of aromatic amines is 2. The van der Waals surface area contributed by atoms with Crippen molar-refractivity contribution in [2.75, 3.05) is 0 Å². The van der Waals surface area contributed by atoms with E-state index in [1.54, 1.807) is 42.7 Å². The molecule has 0 amide bonds. The Hall–Kier alpha value is -2.76. The molecule has 3 rings (SSSR count). The smallest absolute Gasteiger partial charge is 0.238 e. The Morgan fingerprint density at radius 1 is 0.944 bits per heavy atom. The van der Waals surface area contributed by atoms with Crippen molar-refractivity contribution in [3.05, 3.63) is 48.8 Å². The molecular weight excluding hydrogens is 232 g/mol. The van der Waals surface area contributed by atoms with Gasteiger partial charge < -0.3 is 9.47 Å². The topological polar surface area (TPSA) is 75.8 Å². The Labute approximate surface area is 103 Å². The van der Waals surface area contributed by atoms with Crippen molar-refractivity contribution in [3.63, 3.8) is 0 Å². The van der Waals surface area contributed by atoms with Crippen LogP contribution in [0.15, 0.2) is 42.7 Å². The Bertz CT molecular complexity index is 550. The Morgan fingerprint density at radius 3 is 2.33 bits per heavy atom. The van der Waals surface area contributed by atoms with Crippen LogP contribution in [0.25, 0.3) is 0 Å². The third-order valence-electron chi connectivity index (χ3n) is 2.15. The summed E-state index contributed by atoms with van der Waals surface area (Å²) in [4.78, 5) is 0. The molecule has 0 saturated heterocycles. The Balaban J connectivity index is 1.85. The minimum Gasteiger partial charge on any atom is -0.434 e. The molecule has 0 spiro atoms. The fourth-order valence-electron chi connectivity index (χ4n) is 1.39. The lowest BCUT2D eigenvalue weighted by Gasteiger charge is -2.07. The first kappa shape index (κ1) is 10.4. The highest BCUT2D eigenvalue weighted by Gasteiger charge is 2.08. The van der Waals surface area contributed by atoms with Gasteiger partial charge in [0.25, 0.3) is 0 Å². The van der Waals surface area contributed by atoms with Gasteiger partial charge in [-0.15, -0.1) is 10.2 Å². The molecule has 89 valence electrons. The zero-order chi connectivity index (χ0) is 12.2. The van der Waals surface area contributed by atoms with Crippen molar-refractivity contribution in [2.45, 2.75) is 0 Å². The van der Waals surface area contributed by atoms with E-state index in [2.05, 4.69) is 26.5 Å². The predicted molar refractivity (Wildman–Crippen MR) is 62.6 cm³/mol. The molecule has 0 bridgehead atoms. The summed E-state index contributed by atoms with van der Waals surface area (Å²) in [6.45, 7) is 0. The van der Waals surface area contributed by atoms with Crippen LogP contribution in [0, 0.1) is 6.07 Å². The van der Waals surface area contributed by atoms with Gasteiger partial charge in [0.2, 0.25) is 11.8 Å². The number of nitrogens with one attached hydrogen (secondary N) is 2. The van der Waals surface area contributed by atoms with E-state index in [1.807, 2.05) is 0 Å². The highest BCUT2D eigenvalue weighted by Crippen LogP contribution is 2.32. The number of para-hydroxylation sites is 1. The molecule has 18 heavy (non-hydrogen) atoms. The minimum atomic E-state index is 0.448. The Morgan fingerprint density at radius 2 is 1.67 bits per heavy atom. The summed E-state index contributed by atoms with van der Waals surface area (Å²) in [7, 11) is 0. The van der Waals surface area contributed by atoms with Crippen LogP contribution in [0.3, 0.4) is 0 Å².